The zero-order valence-corrected chi connectivity index (χ0v) is 15.5. The predicted molar refractivity (Wildman–Crippen MR) is 103 cm³/mol. The molecule has 0 bridgehead atoms. The molecular formula is C19H20Cl2N2O2. The van der Waals surface area contributed by atoms with Crippen molar-refractivity contribution in [3.8, 4) is 5.75 Å². The van der Waals surface area contributed by atoms with Gasteiger partial charge in [-0.25, -0.2) is 0 Å². The first kappa shape index (κ1) is 17.9. The van der Waals surface area contributed by atoms with Crippen molar-refractivity contribution in [1.29, 1.82) is 0 Å². The smallest absolute Gasteiger partial charge is 0.262 e. The van der Waals surface area contributed by atoms with E-state index in [2.05, 4.69) is 10.2 Å². The van der Waals surface area contributed by atoms with Gasteiger partial charge in [0.25, 0.3) is 5.91 Å². The van der Waals surface area contributed by atoms with Gasteiger partial charge in [0.05, 0.1) is 10.7 Å². The predicted octanol–water partition coefficient (Wildman–Crippen LogP) is 4.92. The molecule has 0 unspecified atom stereocenters. The van der Waals surface area contributed by atoms with Gasteiger partial charge in [0.2, 0.25) is 0 Å². The molecule has 0 saturated carbocycles. The highest BCUT2D eigenvalue weighted by Gasteiger charge is 2.15. The van der Waals surface area contributed by atoms with Crippen LogP contribution in [0.2, 0.25) is 10.0 Å². The fourth-order valence-electron chi connectivity index (χ4n) is 2.85. The van der Waals surface area contributed by atoms with E-state index in [4.69, 9.17) is 27.9 Å². The fourth-order valence-corrected chi connectivity index (χ4v) is 3.27. The molecule has 1 fully saturated rings. The molecule has 132 valence electrons. The summed E-state index contributed by atoms with van der Waals surface area (Å²) in [5.74, 6) is 0.372. The van der Waals surface area contributed by atoms with Crippen LogP contribution in [0.1, 0.15) is 18.4 Å². The highest BCUT2D eigenvalue weighted by Crippen LogP contribution is 2.31. The quantitative estimate of drug-likeness (QED) is 0.802. The standard InChI is InChI=1S/C19H20Cl2N2O2/c1-13-10-15(5-6-16(13)20)25-12-19(24)22-14-4-7-18(17(21)11-14)23-8-2-3-9-23/h4-7,10-11H,2-3,8-9,12H2,1H3,(H,22,24). The van der Waals surface area contributed by atoms with Crippen molar-refractivity contribution in [3.05, 3.63) is 52.0 Å². The zero-order valence-electron chi connectivity index (χ0n) is 14.0. The minimum Gasteiger partial charge on any atom is -0.484 e. The third kappa shape index (κ3) is 4.59. The van der Waals surface area contributed by atoms with Gasteiger partial charge in [0.15, 0.2) is 6.61 Å². The molecule has 1 aliphatic heterocycles. The van der Waals surface area contributed by atoms with Gasteiger partial charge >= 0.3 is 0 Å². The van der Waals surface area contributed by atoms with Crippen molar-refractivity contribution in [1.82, 2.24) is 0 Å². The number of amides is 1. The van der Waals surface area contributed by atoms with Crippen molar-refractivity contribution < 1.29 is 9.53 Å². The van der Waals surface area contributed by atoms with Crippen LogP contribution in [0.5, 0.6) is 5.75 Å². The van der Waals surface area contributed by atoms with Gasteiger partial charge in [0, 0.05) is 23.8 Å². The molecule has 1 heterocycles. The molecule has 0 spiro atoms. The number of carbonyl (C=O) groups is 1. The van der Waals surface area contributed by atoms with Crippen molar-refractivity contribution in [3.63, 3.8) is 0 Å². The number of halogens is 2. The van der Waals surface area contributed by atoms with Gasteiger partial charge in [-0.3, -0.25) is 4.79 Å². The highest BCUT2D eigenvalue weighted by atomic mass is 35.5. The highest BCUT2D eigenvalue weighted by molar-refractivity contribution is 6.33. The second kappa shape index (κ2) is 7.98. The van der Waals surface area contributed by atoms with Crippen molar-refractivity contribution >= 4 is 40.5 Å². The lowest BCUT2D eigenvalue weighted by Gasteiger charge is -2.19. The monoisotopic (exact) mass is 378 g/mol. The van der Waals surface area contributed by atoms with Crippen molar-refractivity contribution in [2.45, 2.75) is 19.8 Å². The second-order valence-corrected chi connectivity index (χ2v) is 6.92. The van der Waals surface area contributed by atoms with Crippen LogP contribution < -0.4 is 15.0 Å². The van der Waals surface area contributed by atoms with Gasteiger partial charge in [-0.15, -0.1) is 0 Å². The van der Waals surface area contributed by atoms with Gasteiger partial charge in [-0.05, 0) is 61.7 Å². The molecule has 1 N–H and O–H groups in total. The van der Waals surface area contributed by atoms with Crippen LogP contribution >= 0.6 is 23.2 Å². The van der Waals surface area contributed by atoms with Gasteiger partial charge in [-0.2, -0.15) is 0 Å². The molecule has 0 aromatic heterocycles. The Morgan fingerprint density at radius 2 is 1.88 bits per heavy atom. The number of carbonyl (C=O) groups excluding carboxylic acids is 1. The van der Waals surface area contributed by atoms with Gasteiger partial charge < -0.3 is 15.0 Å². The SMILES string of the molecule is Cc1cc(OCC(=O)Nc2ccc(N3CCCC3)c(Cl)c2)ccc1Cl. The fraction of sp³-hybridized carbons (Fsp3) is 0.316. The maximum absolute atomic E-state index is 12.1. The summed E-state index contributed by atoms with van der Waals surface area (Å²) >= 11 is 12.3. The first-order chi connectivity index (χ1) is 12.0. The molecule has 6 heteroatoms. The number of nitrogens with one attached hydrogen (secondary N) is 1. The Morgan fingerprint density at radius 3 is 2.56 bits per heavy atom. The molecule has 4 nitrogen and oxygen atoms in total. The zero-order chi connectivity index (χ0) is 17.8. The molecule has 1 saturated heterocycles. The Labute approximate surface area is 157 Å². The molecule has 1 amide bonds. The van der Waals surface area contributed by atoms with Crippen LogP contribution in [0, 0.1) is 6.92 Å². The number of rotatable bonds is 5. The maximum atomic E-state index is 12.1. The van der Waals surface area contributed by atoms with Crippen LogP contribution in [-0.2, 0) is 4.79 Å². The Bertz CT molecular complexity index is 774. The molecule has 0 radical (unpaired) electrons. The number of hydrogen-bond donors (Lipinski definition) is 1. The Balaban J connectivity index is 1.57. The van der Waals surface area contributed by atoms with E-state index in [1.807, 2.05) is 19.1 Å². The Kier molecular flexibility index (Phi) is 5.71. The summed E-state index contributed by atoms with van der Waals surface area (Å²) in [6.45, 7) is 3.87. The Morgan fingerprint density at radius 1 is 1.12 bits per heavy atom. The van der Waals surface area contributed by atoms with E-state index in [1.54, 1.807) is 24.3 Å². The largest absolute Gasteiger partial charge is 0.484 e. The number of aryl methyl sites for hydroxylation is 1. The third-order valence-electron chi connectivity index (χ3n) is 4.18. The summed E-state index contributed by atoms with van der Waals surface area (Å²) in [4.78, 5) is 14.3. The van der Waals surface area contributed by atoms with Crippen LogP contribution in [0.4, 0.5) is 11.4 Å². The van der Waals surface area contributed by atoms with Crippen LogP contribution in [0.25, 0.3) is 0 Å². The van der Waals surface area contributed by atoms with Crippen molar-refractivity contribution in [2.24, 2.45) is 0 Å². The summed E-state index contributed by atoms with van der Waals surface area (Å²) in [6.07, 6.45) is 2.38. The minimum absolute atomic E-state index is 0.0768. The topological polar surface area (TPSA) is 41.6 Å². The van der Waals surface area contributed by atoms with Gasteiger partial charge in [-0.1, -0.05) is 23.2 Å². The van der Waals surface area contributed by atoms with E-state index in [-0.39, 0.29) is 12.5 Å². The summed E-state index contributed by atoms with van der Waals surface area (Å²) < 4.78 is 5.50. The van der Waals surface area contributed by atoms with Crippen LogP contribution in [0.3, 0.4) is 0 Å². The lowest BCUT2D eigenvalue weighted by atomic mass is 10.2. The van der Waals surface area contributed by atoms with E-state index in [1.165, 1.54) is 12.8 Å². The van der Waals surface area contributed by atoms with E-state index in [0.717, 1.165) is 24.3 Å². The van der Waals surface area contributed by atoms with E-state index in [0.29, 0.717) is 21.5 Å². The van der Waals surface area contributed by atoms with E-state index in [9.17, 15) is 4.79 Å². The van der Waals surface area contributed by atoms with Crippen molar-refractivity contribution in [2.75, 3.05) is 29.9 Å². The molecule has 1 aliphatic rings. The lowest BCUT2D eigenvalue weighted by molar-refractivity contribution is -0.118. The molecule has 2 aromatic carbocycles. The molecule has 2 aromatic rings. The number of hydrogen-bond acceptors (Lipinski definition) is 3. The molecule has 25 heavy (non-hydrogen) atoms. The van der Waals surface area contributed by atoms with Gasteiger partial charge in [0.1, 0.15) is 5.75 Å². The number of anilines is 2. The first-order valence-electron chi connectivity index (χ1n) is 8.26. The molecule has 3 rings (SSSR count). The molecule has 0 aliphatic carbocycles. The summed E-state index contributed by atoms with van der Waals surface area (Å²) in [5, 5.41) is 4.12. The summed E-state index contributed by atoms with van der Waals surface area (Å²) in [7, 11) is 0. The van der Waals surface area contributed by atoms with E-state index >= 15 is 0 Å². The average Bonchev–Trinajstić information content (AvgIpc) is 3.10. The van der Waals surface area contributed by atoms with E-state index < -0.39 is 0 Å². The Hall–Kier alpha value is -1.91. The summed E-state index contributed by atoms with van der Waals surface area (Å²) in [6, 6.07) is 10.9. The molecule has 0 atom stereocenters. The minimum atomic E-state index is -0.238. The normalized spacial score (nSPS) is 13.8. The second-order valence-electron chi connectivity index (χ2n) is 6.11. The number of benzene rings is 2. The third-order valence-corrected chi connectivity index (χ3v) is 4.90. The number of nitrogens with zero attached hydrogens (tertiary/aromatic N) is 1. The number of ether oxygens (including phenoxy) is 1. The first-order valence-corrected chi connectivity index (χ1v) is 9.02. The average molecular weight is 379 g/mol. The van der Waals surface area contributed by atoms with Crippen LogP contribution in [0.15, 0.2) is 36.4 Å². The molecular weight excluding hydrogens is 359 g/mol. The van der Waals surface area contributed by atoms with Crippen LogP contribution in [-0.4, -0.2) is 25.6 Å². The maximum Gasteiger partial charge on any atom is 0.262 e. The summed E-state index contributed by atoms with van der Waals surface area (Å²) in [5.41, 5.74) is 2.59. The lowest BCUT2D eigenvalue weighted by Crippen LogP contribution is -2.21.